The van der Waals surface area contributed by atoms with E-state index in [0.717, 1.165) is 44.3 Å². The van der Waals surface area contributed by atoms with Crippen molar-refractivity contribution in [1.29, 1.82) is 0 Å². The topological polar surface area (TPSA) is 61.3 Å². The molecule has 0 aliphatic carbocycles. The molecule has 126 valence electrons. The molecule has 5 nitrogen and oxygen atoms in total. The maximum atomic E-state index is 4.23. The van der Waals surface area contributed by atoms with Gasteiger partial charge in [0.05, 0.1) is 0 Å². The number of aliphatic imine (C=N–C) groups is 1. The summed E-state index contributed by atoms with van der Waals surface area (Å²) in [6.07, 6.45) is 3.97. The molecule has 0 saturated heterocycles. The number of hydrogen-bond acceptors (Lipinski definition) is 4. The van der Waals surface area contributed by atoms with Crippen LogP contribution >= 0.6 is 35.3 Å². The fraction of sp³-hybridized carbons (Fsp3) is 0.375. The molecule has 23 heavy (non-hydrogen) atoms. The molecule has 3 N–H and O–H groups in total. The van der Waals surface area contributed by atoms with Crippen LogP contribution in [0.5, 0.6) is 0 Å². The summed E-state index contributed by atoms with van der Waals surface area (Å²) in [6.45, 7) is 2.65. The summed E-state index contributed by atoms with van der Waals surface area (Å²) in [5.74, 6) is 1.78. The molecule has 0 fully saturated rings. The van der Waals surface area contributed by atoms with E-state index in [0.29, 0.717) is 0 Å². The molecule has 0 aliphatic rings. The van der Waals surface area contributed by atoms with Crippen molar-refractivity contribution >= 4 is 47.1 Å². The van der Waals surface area contributed by atoms with Gasteiger partial charge in [-0.2, -0.15) is 11.3 Å². The van der Waals surface area contributed by atoms with Crippen molar-refractivity contribution < 1.29 is 0 Å². The van der Waals surface area contributed by atoms with Gasteiger partial charge in [0.15, 0.2) is 5.96 Å². The Morgan fingerprint density at radius 1 is 1.17 bits per heavy atom. The minimum absolute atomic E-state index is 0. The molecule has 2 rings (SSSR count). The summed E-state index contributed by atoms with van der Waals surface area (Å²) >= 11 is 1.71. The maximum Gasteiger partial charge on any atom is 0.191 e. The predicted octanol–water partition coefficient (Wildman–Crippen LogP) is 3.32. The van der Waals surface area contributed by atoms with Crippen LogP contribution in [-0.4, -0.2) is 31.1 Å². The van der Waals surface area contributed by atoms with E-state index in [4.69, 9.17) is 0 Å². The van der Waals surface area contributed by atoms with Gasteiger partial charge in [-0.05, 0) is 47.4 Å². The Balaban J connectivity index is 0.00000264. The Labute approximate surface area is 159 Å². The monoisotopic (exact) mass is 445 g/mol. The average Bonchev–Trinajstić information content (AvgIpc) is 3.08. The van der Waals surface area contributed by atoms with Gasteiger partial charge in [-0.25, -0.2) is 4.98 Å². The first-order chi connectivity index (χ1) is 10.9. The zero-order valence-corrected chi connectivity index (χ0v) is 16.4. The number of halogens is 1. The van der Waals surface area contributed by atoms with Crippen molar-refractivity contribution in [1.82, 2.24) is 15.6 Å². The van der Waals surface area contributed by atoms with Crippen LogP contribution in [0.3, 0.4) is 0 Å². The second-order valence-corrected chi connectivity index (χ2v) is 5.61. The van der Waals surface area contributed by atoms with Gasteiger partial charge in [0, 0.05) is 32.9 Å². The zero-order chi connectivity index (χ0) is 15.5. The lowest BCUT2D eigenvalue weighted by atomic mass is 10.3. The first kappa shape index (κ1) is 19.7. The fourth-order valence-electron chi connectivity index (χ4n) is 1.94. The van der Waals surface area contributed by atoms with Gasteiger partial charge in [-0.3, -0.25) is 4.99 Å². The number of rotatable bonds is 8. The van der Waals surface area contributed by atoms with Crippen LogP contribution in [-0.2, 0) is 6.54 Å². The number of pyridine rings is 1. The standard InChI is InChI=1S/C16H23N5S.HI/c1-17-16(21-12-14-7-11-22-13-14)20-10-5-4-9-19-15-6-2-3-8-18-15;/h2-3,6-8,11,13H,4-5,9-10,12H2,1H3,(H,18,19)(H2,17,20,21);1H. The van der Waals surface area contributed by atoms with Gasteiger partial charge in [-0.1, -0.05) is 6.07 Å². The van der Waals surface area contributed by atoms with E-state index >= 15 is 0 Å². The van der Waals surface area contributed by atoms with Gasteiger partial charge in [0.1, 0.15) is 5.82 Å². The summed E-state index contributed by atoms with van der Waals surface area (Å²) < 4.78 is 0. The molecule has 2 aromatic rings. The molecule has 0 atom stereocenters. The molecule has 0 aliphatic heterocycles. The van der Waals surface area contributed by atoms with Gasteiger partial charge >= 0.3 is 0 Å². The lowest BCUT2D eigenvalue weighted by molar-refractivity contribution is 0.711. The van der Waals surface area contributed by atoms with Crippen LogP contribution in [0.25, 0.3) is 0 Å². The summed E-state index contributed by atoms with van der Waals surface area (Å²) in [5, 5.41) is 14.2. The normalized spacial score (nSPS) is 10.7. The SMILES string of the molecule is CN=C(NCCCCNc1ccccn1)NCc1ccsc1.I. The number of thiophene rings is 1. The Bertz CT molecular complexity index is 545. The van der Waals surface area contributed by atoms with Crippen LogP contribution in [0.2, 0.25) is 0 Å². The summed E-state index contributed by atoms with van der Waals surface area (Å²) in [4.78, 5) is 8.46. The molecule has 2 heterocycles. The van der Waals surface area contributed by atoms with Crippen molar-refractivity contribution in [3.63, 3.8) is 0 Å². The third-order valence-corrected chi connectivity index (χ3v) is 3.86. The maximum absolute atomic E-state index is 4.23. The van der Waals surface area contributed by atoms with Crippen molar-refractivity contribution in [2.45, 2.75) is 19.4 Å². The molecule has 2 aromatic heterocycles. The van der Waals surface area contributed by atoms with E-state index in [1.165, 1.54) is 5.56 Å². The second kappa shape index (κ2) is 12.1. The highest BCUT2D eigenvalue weighted by atomic mass is 127. The molecule has 0 saturated carbocycles. The van der Waals surface area contributed by atoms with Crippen molar-refractivity contribution in [2.24, 2.45) is 4.99 Å². The minimum atomic E-state index is 0. The number of nitrogens with zero attached hydrogens (tertiary/aromatic N) is 2. The highest BCUT2D eigenvalue weighted by Gasteiger charge is 1.98. The molecular weight excluding hydrogens is 421 g/mol. The molecule has 0 radical (unpaired) electrons. The third-order valence-electron chi connectivity index (χ3n) is 3.13. The van der Waals surface area contributed by atoms with Gasteiger partial charge in [0.2, 0.25) is 0 Å². The first-order valence-corrected chi connectivity index (χ1v) is 8.43. The Hall–Kier alpha value is -1.35. The van der Waals surface area contributed by atoms with E-state index in [2.05, 4.69) is 42.8 Å². The number of guanidine groups is 1. The van der Waals surface area contributed by atoms with E-state index < -0.39 is 0 Å². The van der Waals surface area contributed by atoms with E-state index in [1.807, 2.05) is 18.2 Å². The molecular formula is C16H24IN5S. The van der Waals surface area contributed by atoms with E-state index in [1.54, 1.807) is 24.6 Å². The minimum Gasteiger partial charge on any atom is -0.370 e. The summed E-state index contributed by atoms with van der Waals surface area (Å²) in [7, 11) is 1.80. The van der Waals surface area contributed by atoms with Crippen molar-refractivity contribution in [2.75, 3.05) is 25.5 Å². The first-order valence-electron chi connectivity index (χ1n) is 7.49. The Morgan fingerprint density at radius 3 is 2.74 bits per heavy atom. The largest absolute Gasteiger partial charge is 0.370 e. The smallest absolute Gasteiger partial charge is 0.191 e. The van der Waals surface area contributed by atoms with Crippen LogP contribution in [0.15, 0.2) is 46.2 Å². The highest BCUT2D eigenvalue weighted by molar-refractivity contribution is 14.0. The van der Waals surface area contributed by atoms with Crippen LogP contribution in [0.4, 0.5) is 5.82 Å². The average molecular weight is 445 g/mol. The second-order valence-electron chi connectivity index (χ2n) is 4.83. The lowest BCUT2D eigenvalue weighted by Crippen LogP contribution is -2.37. The molecule has 0 amide bonds. The van der Waals surface area contributed by atoms with Crippen LogP contribution < -0.4 is 16.0 Å². The zero-order valence-electron chi connectivity index (χ0n) is 13.3. The van der Waals surface area contributed by atoms with Crippen molar-refractivity contribution in [3.8, 4) is 0 Å². The van der Waals surface area contributed by atoms with Crippen molar-refractivity contribution in [3.05, 3.63) is 46.8 Å². The number of anilines is 1. The molecule has 0 spiro atoms. The lowest BCUT2D eigenvalue weighted by Gasteiger charge is -2.11. The molecule has 7 heteroatoms. The van der Waals surface area contributed by atoms with Gasteiger partial charge in [-0.15, -0.1) is 24.0 Å². The number of hydrogen-bond donors (Lipinski definition) is 3. The fourth-order valence-corrected chi connectivity index (χ4v) is 2.61. The van der Waals surface area contributed by atoms with E-state index in [-0.39, 0.29) is 24.0 Å². The van der Waals surface area contributed by atoms with Crippen LogP contribution in [0.1, 0.15) is 18.4 Å². The third kappa shape index (κ3) is 8.17. The quantitative estimate of drug-likeness (QED) is 0.253. The summed E-state index contributed by atoms with van der Waals surface area (Å²) in [5.41, 5.74) is 1.28. The Kier molecular flexibility index (Phi) is 10.4. The number of nitrogens with one attached hydrogen (secondary N) is 3. The predicted molar refractivity (Wildman–Crippen MR) is 110 cm³/mol. The summed E-state index contributed by atoms with van der Waals surface area (Å²) in [6, 6.07) is 8.01. The Morgan fingerprint density at radius 2 is 2.04 bits per heavy atom. The number of unbranched alkanes of at least 4 members (excludes halogenated alkanes) is 1. The van der Waals surface area contributed by atoms with E-state index in [9.17, 15) is 0 Å². The van der Waals surface area contributed by atoms with Crippen LogP contribution in [0, 0.1) is 0 Å². The highest BCUT2D eigenvalue weighted by Crippen LogP contribution is 2.04. The molecule has 0 aromatic carbocycles. The van der Waals surface area contributed by atoms with Gasteiger partial charge < -0.3 is 16.0 Å². The molecule has 0 unspecified atom stereocenters. The molecule has 0 bridgehead atoms. The number of aromatic nitrogens is 1. The van der Waals surface area contributed by atoms with Gasteiger partial charge in [0.25, 0.3) is 0 Å².